The third-order valence-corrected chi connectivity index (χ3v) is 4.42. The molecule has 0 fully saturated rings. The Kier molecular flexibility index (Phi) is 12.0. The molecular formula is C18H33NO5S. The Balaban J connectivity index is 3.91. The topological polar surface area (TPSA) is 81.7 Å². The highest BCUT2D eigenvalue weighted by Crippen LogP contribution is 2.19. The summed E-state index contributed by atoms with van der Waals surface area (Å²) in [6.45, 7) is 10.9. The summed E-state index contributed by atoms with van der Waals surface area (Å²) in [6.07, 6.45) is 3.02. The zero-order valence-corrected chi connectivity index (χ0v) is 17.0. The molecule has 0 aliphatic heterocycles. The van der Waals surface area contributed by atoms with Gasteiger partial charge in [-0.05, 0) is 40.5 Å². The predicted molar refractivity (Wildman–Crippen MR) is 101 cm³/mol. The van der Waals surface area contributed by atoms with Crippen LogP contribution in [-0.2, 0) is 23.9 Å². The number of hydrogen-bond donors (Lipinski definition) is 1. The van der Waals surface area contributed by atoms with Gasteiger partial charge in [0.05, 0.1) is 24.4 Å². The van der Waals surface area contributed by atoms with Crippen molar-refractivity contribution in [1.29, 1.82) is 0 Å². The van der Waals surface area contributed by atoms with Crippen LogP contribution < -0.4 is 5.32 Å². The van der Waals surface area contributed by atoms with E-state index >= 15 is 0 Å². The minimum atomic E-state index is -0.347. The molecule has 0 aromatic rings. The molecule has 146 valence electrons. The summed E-state index contributed by atoms with van der Waals surface area (Å²) >= 11 is 1.16. The third-order valence-electron chi connectivity index (χ3n) is 3.61. The molecule has 0 unspecified atom stereocenters. The highest BCUT2D eigenvalue weighted by molar-refractivity contribution is 8.13. The molecule has 0 aliphatic rings. The lowest BCUT2D eigenvalue weighted by Crippen LogP contribution is -2.35. The molecule has 0 aliphatic carbocycles. The Morgan fingerprint density at radius 3 is 2.24 bits per heavy atom. The minimum absolute atomic E-state index is 0.0281. The lowest BCUT2D eigenvalue weighted by molar-refractivity contribution is -0.121. The molecule has 0 bridgehead atoms. The van der Waals surface area contributed by atoms with Crippen LogP contribution in [0.5, 0.6) is 0 Å². The molecule has 0 radical (unpaired) electrons. The molecule has 0 aromatic carbocycles. The quantitative estimate of drug-likeness (QED) is 0.371. The average molecular weight is 376 g/mol. The van der Waals surface area contributed by atoms with Crippen molar-refractivity contribution in [2.45, 2.75) is 71.5 Å². The maximum atomic E-state index is 11.7. The van der Waals surface area contributed by atoms with E-state index in [-0.39, 0.29) is 22.2 Å². The van der Waals surface area contributed by atoms with E-state index in [4.69, 9.17) is 9.47 Å². The molecule has 7 heteroatoms. The standard InChI is InChI=1S/C18H33NO5S/c1-15(21)25-14-7-16(22)19-10-8-17(2,3)24-13-9-18(4,5)23-12-6-11-20/h11H,6-10,12-14H2,1-5H3,(H,19,22). The number of ether oxygens (including phenoxy) is 2. The molecule has 6 nitrogen and oxygen atoms in total. The van der Waals surface area contributed by atoms with Crippen molar-refractivity contribution < 1.29 is 23.9 Å². The van der Waals surface area contributed by atoms with E-state index in [0.29, 0.717) is 44.8 Å². The minimum Gasteiger partial charge on any atom is -0.375 e. The number of nitrogens with one attached hydrogen (secondary N) is 1. The van der Waals surface area contributed by atoms with Gasteiger partial charge in [-0.3, -0.25) is 9.59 Å². The highest BCUT2D eigenvalue weighted by Gasteiger charge is 2.22. The number of rotatable bonds is 14. The fourth-order valence-electron chi connectivity index (χ4n) is 1.98. The van der Waals surface area contributed by atoms with Gasteiger partial charge in [-0.1, -0.05) is 11.8 Å². The molecule has 1 amide bonds. The van der Waals surface area contributed by atoms with Crippen LogP contribution in [0.1, 0.15) is 60.3 Å². The largest absolute Gasteiger partial charge is 0.375 e. The third kappa shape index (κ3) is 15.1. The first kappa shape index (κ1) is 24.1. The van der Waals surface area contributed by atoms with Crippen LogP contribution in [0.15, 0.2) is 0 Å². The Morgan fingerprint density at radius 1 is 1.04 bits per heavy atom. The van der Waals surface area contributed by atoms with Crippen LogP contribution >= 0.6 is 11.8 Å². The zero-order valence-electron chi connectivity index (χ0n) is 16.2. The van der Waals surface area contributed by atoms with Gasteiger partial charge in [0.1, 0.15) is 6.29 Å². The number of carbonyl (C=O) groups excluding carboxylic acids is 3. The van der Waals surface area contributed by atoms with Gasteiger partial charge in [0, 0.05) is 32.1 Å². The van der Waals surface area contributed by atoms with Gasteiger partial charge in [0.2, 0.25) is 5.91 Å². The fourth-order valence-corrected chi connectivity index (χ4v) is 2.55. The Morgan fingerprint density at radius 2 is 1.64 bits per heavy atom. The van der Waals surface area contributed by atoms with Crippen LogP contribution in [0, 0.1) is 0 Å². The fraction of sp³-hybridized carbons (Fsp3) is 0.833. The average Bonchev–Trinajstić information content (AvgIpc) is 2.46. The van der Waals surface area contributed by atoms with E-state index in [1.807, 2.05) is 27.7 Å². The summed E-state index contributed by atoms with van der Waals surface area (Å²) in [5, 5.41) is 2.88. The number of amides is 1. The zero-order chi connectivity index (χ0) is 19.3. The van der Waals surface area contributed by atoms with Gasteiger partial charge in [0.25, 0.3) is 0 Å². The summed E-state index contributed by atoms with van der Waals surface area (Å²) in [5.41, 5.74) is -0.679. The van der Waals surface area contributed by atoms with Crippen molar-refractivity contribution in [2.24, 2.45) is 0 Å². The second-order valence-corrected chi connectivity index (χ2v) is 8.38. The predicted octanol–water partition coefficient (Wildman–Crippen LogP) is 2.73. The van der Waals surface area contributed by atoms with E-state index in [2.05, 4.69) is 5.32 Å². The Labute approximate surface area is 155 Å². The smallest absolute Gasteiger partial charge is 0.220 e. The molecule has 0 atom stereocenters. The number of aldehydes is 1. The van der Waals surface area contributed by atoms with E-state index in [0.717, 1.165) is 24.5 Å². The van der Waals surface area contributed by atoms with Crippen molar-refractivity contribution >= 4 is 29.1 Å². The normalized spacial score (nSPS) is 12.0. The summed E-state index contributed by atoms with van der Waals surface area (Å²) in [5.74, 6) is 0.467. The van der Waals surface area contributed by atoms with E-state index in [1.54, 1.807) is 0 Å². The van der Waals surface area contributed by atoms with Crippen molar-refractivity contribution in [2.75, 3.05) is 25.5 Å². The van der Waals surface area contributed by atoms with E-state index in [1.165, 1.54) is 6.92 Å². The molecule has 0 heterocycles. The second-order valence-electron chi connectivity index (χ2n) is 7.11. The van der Waals surface area contributed by atoms with Crippen molar-refractivity contribution in [3.8, 4) is 0 Å². The van der Waals surface area contributed by atoms with Gasteiger partial charge >= 0.3 is 0 Å². The van der Waals surface area contributed by atoms with Crippen LogP contribution in [0.2, 0.25) is 0 Å². The number of carbonyl (C=O) groups is 3. The Bertz CT molecular complexity index is 424. The van der Waals surface area contributed by atoms with Gasteiger partial charge in [-0.15, -0.1) is 0 Å². The molecule has 0 saturated heterocycles. The molecule has 0 aromatic heterocycles. The molecular weight excluding hydrogens is 342 g/mol. The summed E-state index contributed by atoms with van der Waals surface area (Å²) in [4.78, 5) is 32.8. The second kappa shape index (κ2) is 12.4. The number of hydrogen-bond acceptors (Lipinski definition) is 6. The molecule has 0 rings (SSSR count). The van der Waals surface area contributed by atoms with Crippen LogP contribution in [-0.4, -0.2) is 54.0 Å². The first-order valence-corrected chi connectivity index (χ1v) is 9.68. The maximum Gasteiger partial charge on any atom is 0.220 e. The van der Waals surface area contributed by atoms with E-state index < -0.39 is 0 Å². The molecule has 1 N–H and O–H groups in total. The van der Waals surface area contributed by atoms with Crippen LogP contribution in [0.25, 0.3) is 0 Å². The Hall–Kier alpha value is -0.920. The number of thioether (sulfide) groups is 1. The molecule has 0 saturated carbocycles. The lowest BCUT2D eigenvalue weighted by Gasteiger charge is -2.29. The first-order chi connectivity index (χ1) is 11.6. The molecule has 25 heavy (non-hydrogen) atoms. The van der Waals surface area contributed by atoms with Gasteiger partial charge in [-0.2, -0.15) is 0 Å². The highest BCUT2D eigenvalue weighted by atomic mass is 32.2. The molecule has 0 spiro atoms. The van der Waals surface area contributed by atoms with Crippen molar-refractivity contribution in [3.05, 3.63) is 0 Å². The maximum absolute atomic E-state index is 11.7. The van der Waals surface area contributed by atoms with Gasteiger partial charge < -0.3 is 19.6 Å². The van der Waals surface area contributed by atoms with Gasteiger partial charge in [0.15, 0.2) is 5.12 Å². The van der Waals surface area contributed by atoms with Crippen LogP contribution in [0.3, 0.4) is 0 Å². The first-order valence-electron chi connectivity index (χ1n) is 8.69. The van der Waals surface area contributed by atoms with Gasteiger partial charge in [-0.25, -0.2) is 0 Å². The monoisotopic (exact) mass is 375 g/mol. The summed E-state index contributed by atoms with van der Waals surface area (Å²) in [6, 6.07) is 0. The summed E-state index contributed by atoms with van der Waals surface area (Å²) < 4.78 is 11.6. The van der Waals surface area contributed by atoms with Crippen molar-refractivity contribution in [3.63, 3.8) is 0 Å². The summed E-state index contributed by atoms with van der Waals surface area (Å²) in [7, 11) is 0. The van der Waals surface area contributed by atoms with Crippen LogP contribution in [0.4, 0.5) is 0 Å². The van der Waals surface area contributed by atoms with E-state index in [9.17, 15) is 14.4 Å². The SMILES string of the molecule is CC(=O)SCCC(=O)NCCC(C)(C)OCCC(C)(C)OCCC=O. The van der Waals surface area contributed by atoms with Crippen molar-refractivity contribution in [1.82, 2.24) is 5.32 Å². The lowest BCUT2D eigenvalue weighted by atomic mass is 10.0.